The first kappa shape index (κ1) is 20.0. The van der Waals surface area contributed by atoms with Crippen LogP contribution >= 0.6 is 0 Å². The number of alkyl halides is 3. The van der Waals surface area contributed by atoms with Gasteiger partial charge in [-0.15, -0.1) is 0 Å². The molecule has 1 aromatic carbocycles. The van der Waals surface area contributed by atoms with Gasteiger partial charge in [-0.25, -0.2) is 4.68 Å². The molecule has 2 unspecified atom stereocenters. The second-order valence-corrected chi connectivity index (χ2v) is 7.22. The molecule has 0 aliphatic carbocycles. The number of fused-ring (bicyclic) bond motifs is 1. The average molecular weight is 396 g/mol. The minimum Gasteiger partial charge on any atom is -0.497 e. The van der Waals surface area contributed by atoms with Crippen LogP contribution in [0.15, 0.2) is 30.5 Å². The van der Waals surface area contributed by atoms with E-state index in [-0.39, 0.29) is 23.7 Å². The van der Waals surface area contributed by atoms with Gasteiger partial charge in [-0.2, -0.15) is 18.3 Å². The monoisotopic (exact) mass is 396 g/mol. The number of aromatic nitrogens is 2. The van der Waals surface area contributed by atoms with Crippen molar-refractivity contribution in [1.29, 1.82) is 0 Å². The molecule has 0 bridgehead atoms. The summed E-state index contributed by atoms with van der Waals surface area (Å²) in [4.78, 5) is 12.5. The number of benzene rings is 1. The largest absolute Gasteiger partial charge is 0.497 e. The zero-order valence-electron chi connectivity index (χ0n) is 15.9. The first-order chi connectivity index (χ1) is 13.2. The van der Waals surface area contributed by atoms with E-state index in [0.717, 1.165) is 4.68 Å². The lowest BCUT2D eigenvalue weighted by Gasteiger charge is -2.34. The van der Waals surface area contributed by atoms with Crippen LogP contribution in [0.3, 0.4) is 0 Å². The quantitative estimate of drug-likeness (QED) is 0.803. The number of nitrogens with zero attached hydrogens (tertiary/aromatic N) is 2. The molecule has 2 aromatic rings. The number of amides is 1. The van der Waals surface area contributed by atoms with Crippen LogP contribution in [0.4, 0.5) is 19.0 Å². The van der Waals surface area contributed by atoms with Gasteiger partial charge in [-0.05, 0) is 23.6 Å². The SMILES string of the molecule is COc1cccc(C2CC(C(F)(F)F)n3ncc(C(=O)NCC(C)C)c3N2)c1. The third-order valence-corrected chi connectivity index (χ3v) is 4.65. The third kappa shape index (κ3) is 4.07. The highest BCUT2D eigenvalue weighted by Gasteiger charge is 2.47. The maximum Gasteiger partial charge on any atom is 0.410 e. The lowest BCUT2D eigenvalue weighted by atomic mass is 9.96. The van der Waals surface area contributed by atoms with E-state index in [1.165, 1.54) is 13.3 Å². The lowest BCUT2D eigenvalue weighted by molar-refractivity contribution is -0.173. The van der Waals surface area contributed by atoms with Crippen LogP contribution in [0.2, 0.25) is 0 Å². The van der Waals surface area contributed by atoms with E-state index in [1.807, 2.05) is 13.8 Å². The highest BCUT2D eigenvalue weighted by atomic mass is 19.4. The Balaban J connectivity index is 1.97. The van der Waals surface area contributed by atoms with Crippen molar-refractivity contribution in [1.82, 2.24) is 15.1 Å². The number of nitrogens with one attached hydrogen (secondary N) is 2. The van der Waals surface area contributed by atoms with E-state index in [0.29, 0.717) is 17.9 Å². The van der Waals surface area contributed by atoms with Crippen molar-refractivity contribution in [2.75, 3.05) is 19.0 Å². The summed E-state index contributed by atoms with van der Waals surface area (Å²) < 4.78 is 47.2. The van der Waals surface area contributed by atoms with E-state index in [2.05, 4.69) is 15.7 Å². The number of methoxy groups -OCH3 is 1. The van der Waals surface area contributed by atoms with Crippen molar-refractivity contribution < 1.29 is 22.7 Å². The molecule has 9 heteroatoms. The molecule has 2 atom stereocenters. The van der Waals surface area contributed by atoms with Gasteiger partial charge in [0.2, 0.25) is 0 Å². The van der Waals surface area contributed by atoms with Gasteiger partial charge in [0.05, 0.1) is 19.3 Å². The summed E-state index contributed by atoms with van der Waals surface area (Å²) in [5.41, 5.74) is 0.747. The van der Waals surface area contributed by atoms with Gasteiger partial charge in [0.1, 0.15) is 17.1 Å². The Bertz CT molecular complexity index is 848. The second kappa shape index (κ2) is 7.73. The van der Waals surface area contributed by atoms with E-state index in [4.69, 9.17) is 4.74 Å². The fraction of sp³-hybridized carbons (Fsp3) is 0.474. The number of halogens is 3. The standard InChI is InChI=1S/C19H23F3N4O2/c1-11(2)9-23-18(27)14-10-24-26-16(19(20,21)22)8-15(25-17(14)26)12-5-4-6-13(7-12)28-3/h4-7,10-11,15-16,25H,8-9H2,1-3H3,(H,23,27). The second-order valence-electron chi connectivity index (χ2n) is 7.22. The molecule has 152 valence electrons. The van der Waals surface area contributed by atoms with Crippen LogP contribution in [-0.4, -0.2) is 35.5 Å². The van der Waals surface area contributed by atoms with E-state index < -0.39 is 24.2 Å². The summed E-state index contributed by atoms with van der Waals surface area (Å²) >= 11 is 0. The number of carbonyl (C=O) groups is 1. The molecule has 0 radical (unpaired) electrons. The number of hydrogen-bond acceptors (Lipinski definition) is 4. The lowest BCUT2D eigenvalue weighted by Crippen LogP contribution is -2.36. The Labute approximate surface area is 161 Å². The van der Waals surface area contributed by atoms with Crippen LogP contribution in [0.25, 0.3) is 0 Å². The first-order valence-corrected chi connectivity index (χ1v) is 9.03. The molecule has 28 heavy (non-hydrogen) atoms. The summed E-state index contributed by atoms with van der Waals surface area (Å²) in [6.07, 6.45) is -3.55. The topological polar surface area (TPSA) is 68.2 Å². The summed E-state index contributed by atoms with van der Waals surface area (Å²) in [6, 6.07) is 4.41. The first-order valence-electron chi connectivity index (χ1n) is 9.03. The Morgan fingerprint density at radius 1 is 1.43 bits per heavy atom. The molecule has 1 aliphatic rings. The van der Waals surface area contributed by atoms with Crippen molar-refractivity contribution in [2.45, 2.75) is 38.5 Å². The molecule has 1 aromatic heterocycles. The molecular formula is C19H23F3N4O2. The summed E-state index contributed by atoms with van der Waals surface area (Å²) in [5, 5.41) is 9.66. The number of ether oxygens (including phenoxy) is 1. The van der Waals surface area contributed by atoms with Gasteiger partial charge in [0, 0.05) is 13.0 Å². The summed E-state index contributed by atoms with van der Waals surface area (Å²) in [5.74, 6) is 0.393. The molecule has 0 saturated heterocycles. The highest BCUT2D eigenvalue weighted by molar-refractivity contribution is 5.98. The van der Waals surface area contributed by atoms with Crippen LogP contribution < -0.4 is 15.4 Å². The van der Waals surface area contributed by atoms with E-state index >= 15 is 0 Å². The highest BCUT2D eigenvalue weighted by Crippen LogP contribution is 2.44. The predicted molar refractivity (Wildman–Crippen MR) is 98.5 cm³/mol. The van der Waals surface area contributed by atoms with Crippen molar-refractivity contribution >= 4 is 11.7 Å². The molecule has 1 amide bonds. The van der Waals surface area contributed by atoms with Gasteiger partial charge >= 0.3 is 6.18 Å². The predicted octanol–water partition coefficient (Wildman–Crippen LogP) is 3.94. The van der Waals surface area contributed by atoms with E-state index in [1.54, 1.807) is 24.3 Å². The average Bonchev–Trinajstić information content (AvgIpc) is 3.08. The maximum absolute atomic E-state index is 13.7. The molecule has 0 fully saturated rings. The van der Waals surface area contributed by atoms with Crippen LogP contribution in [0.1, 0.15) is 48.3 Å². The zero-order valence-corrected chi connectivity index (χ0v) is 15.9. The van der Waals surface area contributed by atoms with Gasteiger partial charge < -0.3 is 15.4 Å². The number of carbonyl (C=O) groups excluding carboxylic acids is 1. The van der Waals surface area contributed by atoms with Crippen molar-refractivity contribution in [3.8, 4) is 5.75 Å². The van der Waals surface area contributed by atoms with Gasteiger partial charge in [-0.1, -0.05) is 26.0 Å². The molecule has 6 nitrogen and oxygen atoms in total. The summed E-state index contributed by atoms with van der Waals surface area (Å²) in [7, 11) is 1.50. The molecule has 1 aliphatic heterocycles. The zero-order chi connectivity index (χ0) is 20.5. The van der Waals surface area contributed by atoms with Crippen LogP contribution in [0.5, 0.6) is 5.75 Å². The molecule has 3 rings (SSSR count). The van der Waals surface area contributed by atoms with Crippen molar-refractivity contribution in [3.05, 3.63) is 41.6 Å². The fourth-order valence-corrected chi connectivity index (χ4v) is 3.20. The fourth-order valence-electron chi connectivity index (χ4n) is 3.20. The molecular weight excluding hydrogens is 373 g/mol. The van der Waals surface area contributed by atoms with Crippen molar-refractivity contribution in [3.63, 3.8) is 0 Å². The third-order valence-electron chi connectivity index (χ3n) is 4.65. The smallest absolute Gasteiger partial charge is 0.410 e. The summed E-state index contributed by atoms with van der Waals surface area (Å²) in [6.45, 7) is 4.29. The molecule has 2 heterocycles. The molecule has 0 spiro atoms. The van der Waals surface area contributed by atoms with Gasteiger partial charge in [0.25, 0.3) is 5.91 Å². The molecule has 0 saturated carbocycles. The van der Waals surface area contributed by atoms with Gasteiger partial charge in [-0.3, -0.25) is 4.79 Å². The number of anilines is 1. The van der Waals surface area contributed by atoms with Crippen LogP contribution in [-0.2, 0) is 0 Å². The normalized spacial score (nSPS) is 19.1. The maximum atomic E-state index is 13.7. The number of hydrogen-bond donors (Lipinski definition) is 2. The molecule has 2 N–H and O–H groups in total. The van der Waals surface area contributed by atoms with Gasteiger partial charge in [0.15, 0.2) is 6.04 Å². The van der Waals surface area contributed by atoms with E-state index in [9.17, 15) is 18.0 Å². The number of rotatable bonds is 5. The minimum absolute atomic E-state index is 0.0719. The Morgan fingerprint density at radius 3 is 2.82 bits per heavy atom. The van der Waals surface area contributed by atoms with Crippen LogP contribution in [0, 0.1) is 5.92 Å². The Morgan fingerprint density at radius 2 is 2.18 bits per heavy atom. The van der Waals surface area contributed by atoms with Crippen molar-refractivity contribution in [2.24, 2.45) is 5.92 Å². The Hall–Kier alpha value is -2.71. The minimum atomic E-state index is -4.49. The Kier molecular flexibility index (Phi) is 5.53.